The van der Waals surface area contributed by atoms with E-state index in [2.05, 4.69) is 0 Å². The van der Waals surface area contributed by atoms with Gasteiger partial charge in [-0.25, -0.2) is 0 Å². The predicted molar refractivity (Wildman–Crippen MR) is 51.9 cm³/mol. The van der Waals surface area contributed by atoms with Crippen molar-refractivity contribution >= 4 is 5.91 Å². The summed E-state index contributed by atoms with van der Waals surface area (Å²) in [5.41, 5.74) is 0. The van der Waals surface area contributed by atoms with Crippen LogP contribution in [0.3, 0.4) is 0 Å². The van der Waals surface area contributed by atoms with Crippen molar-refractivity contribution in [2.45, 2.75) is 40.2 Å². The number of nitriles is 1. The van der Waals surface area contributed by atoms with E-state index in [0.29, 0.717) is 13.0 Å². The largest absolute Gasteiger partial charge is 0.339 e. The van der Waals surface area contributed by atoms with Gasteiger partial charge in [0.05, 0.1) is 6.07 Å². The number of amides is 1. The molecule has 0 saturated carbocycles. The van der Waals surface area contributed by atoms with E-state index in [-0.39, 0.29) is 11.9 Å². The number of nitrogens with zero attached hydrogens (tertiary/aromatic N) is 2. The summed E-state index contributed by atoms with van der Waals surface area (Å²) in [6, 6.07) is 2.21. The van der Waals surface area contributed by atoms with E-state index in [4.69, 9.17) is 5.26 Å². The summed E-state index contributed by atoms with van der Waals surface area (Å²) < 4.78 is 0. The molecule has 0 aliphatic heterocycles. The van der Waals surface area contributed by atoms with Gasteiger partial charge in [0.1, 0.15) is 5.92 Å². The van der Waals surface area contributed by atoms with Crippen LogP contribution in [0, 0.1) is 17.2 Å². The molecule has 0 heterocycles. The van der Waals surface area contributed by atoms with Crippen molar-refractivity contribution in [2.24, 2.45) is 5.92 Å². The molecule has 0 spiro atoms. The normalized spacial score (nSPS) is 12.3. The first-order valence-corrected chi connectivity index (χ1v) is 4.78. The SMILES string of the molecule is CCC(C#N)C(=O)N(CC)C(C)C. The molecule has 0 bridgehead atoms. The Hall–Kier alpha value is -1.04. The van der Waals surface area contributed by atoms with Crippen molar-refractivity contribution < 1.29 is 4.79 Å². The third kappa shape index (κ3) is 3.06. The lowest BCUT2D eigenvalue weighted by Crippen LogP contribution is -2.40. The monoisotopic (exact) mass is 182 g/mol. The van der Waals surface area contributed by atoms with E-state index in [1.165, 1.54) is 0 Å². The molecular formula is C10H18N2O. The van der Waals surface area contributed by atoms with Crippen LogP contribution >= 0.6 is 0 Å². The maximum absolute atomic E-state index is 11.7. The second-order valence-electron chi connectivity index (χ2n) is 3.31. The van der Waals surface area contributed by atoms with Gasteiger partial charge in [-0.3, -0.25) is 4.79 Å². The van der Waals surface area contributed by atoms with Crippen molar-refractivity contribution in [3.05, 3.63) is 0 Å². The van der Waals surface area contributed by atoms with Crippen LogP contribution in [0.15, 0.2) is 0 Å². The second kappa shape index (κ2) is 5.58. The minimum absolute atomic E-state index is 0.0394. The van der Waals surface area contributed by atoms with Gasteiger partial charge in [-0.1, -0.05) is 6.92 Å². The van der Waals surface area contributed by atoms with Crippen LogP contribution < -0.4 is 0 Å². The van der Waals surface area contributed by atoms with Gasteiger partial charge in [0.15, 0.2) is 0 Å². The molecule has 74 valence electrons. The van der Waals surface area contributed by atoms with Crippen molar-refractivity contribution in [1.82, 2.24) is 4.90 Å². The summed E-state index contributed by atoms with van der Waals surface area (Å²) in [6.45, 7) is 8.40. The average molecular weight is 182 g/mol. The Bertz CT molecular complexity index is 205. The Morgan fingerprint density at radius 3 is 2.23 bits per heavy atom. The fourth-order valence-electron chi connectivity index (χ4n) is 1.30. The molecule has 0 aromatic carbocycles. The first-order chi connectivity index (χ1) is 6.08. The number of carbonyl (C=O) groups is 1. The third-order valence-electron chi connectivity index (χ3n) is 2.11. The summed E-state index contributed by atoms with van der Waals surface area (Å²) in [6.07, 6.45) is 0.596. The summed E-state index contributed by atoms with van der Waals surface area (Å²) in [5, 5.41) is 8.73. The Labute approximate surface area is 80.3 Å². The molecule has 0 aromatic rings. The van der Waals surface area contributed by atoms with E-state index < -0.39 is 5.92 Å². The summed E-state index contributed by atoms with van der Waals surface area (Å²) in [5.74, 6) is -0.509. The van der Waals surface area contributed by atoms with Crippen molar-refractivity contribution in [1.29, 1.82) is 5.26 Å². The number of hydrogen-bond acceptors (Lipinski definition) is 2. The maximum atomic E-state index is 11.7. The summed E-state index contributed by atoms with van der Waals surface area (Å²) in [4.78, 5) is 13.4. The minimum Gasteiger partial charge on any atom is -0.339 e. The highest BCUT2D eigenvalue weighted by molar-refractivity contribution is 5.81. The van der Waals surface area contributed by atoms with Crippen LogP contribution in [0.25, 0.3) is 0 Å². The Morgan fingerprint density at radius 1 is 1.46 bits per heavy atom. The molecular weight excluding hydrogens is 164 g/mol. The zero-order valence-corrected chi connectivity index (χ0v) is 8.87. The minimum atomic E-state index is -0.470. The Morgan fingerprint density at radius 2 is 2.00 bits per heavy atom. The highest BCUT2D eigenvalue weighted by Gasteiger charge is 2.22. The van der Waals surface area contributed by atoms with E-state index in [0.717, 1.165) is 0 Å². The van der Waals surface area contributed by atoms with Gasteiger partial charge < -0.3 is 4.90 Å². The highest BCUT2D eigenvalue weighted by Crippen LogP contribution is 2.09. The fraction of sp³-hybridized carbons (Fsp3) is 0.800. The molecule has 1 unspecified atom stereocenters. The van der Waals surface area contributed by atoms with E-state index in [9.17, 15) is 4.79 Å². The van der Waals surface area contributed by atoms with Gasteiger partial charge in [-0.15, -0.1) is 0 Å². The van der Waals surface area contributed by atoms with E-state index in [1.54, 1.807) is 4.90 Å². The summed E-state index contributed by atoms with van der Waals surface area (Å²) >= 11 is 0. The number of carbonyl (C=O) groups excluding carboxylic acids is 1. The van der Waals surface area contributed by atoms with E-state index in [1.807, 2.05) is 33.8 Å². The van der Waals surface area contributed by atoms with Crippen LogP contribution in [0.4, 0.5) is 0 Å². The van der Waals surface area contributed by atoms with Crippen LogP contribution in [0.5, 0.6) is 0 Å². The Balaban J connectivity index is 4.46. The maximum Gasteiger partial charge on any atom is 0.240 e. The van der Waals surface area contributed by atoms with Crippen LogP contribution in [-0.2, 0) is 4.79 Å². The highest BCUT2D eigenvalue weighted by atomic mass is 16.2. The lowest BCUT2D eigenvalue weighted by atomic mass is 10.1. The van der Waals surface area contributed by atoms with Gasteiger partial charge in [-0.05, 0) is 27.2 Å². The molecule has 0 radical (unpaired) electrons. The van der Waals surface area contributed by atoms with Crippen LogP contribution in [0.1, 0.15) is 34.1 Å². The zero-order chi connectivity index (χ0) is 10.4. The molecule has 0 saturated heterocycles. The second-order valence-corrected chi connectivity index (χ2v) is 3.31. The van der Waals surface area contributed by atoms with Crippen molar-refractivity contribution in [2.75, 3.05) is 6.54 Å². The fourth-order valence-corrected chi connectivity index (χ4v) is 1.30. The Kier molecular flexibility index (Phi) is 5.13. The number of hydrogen-bond donors (Lipinski definition) is 0. The van der Waals surface area contributed by atoms with Crippen molar-refractivity contribution in [3.8, 4) is 6.07 Å². The quantitative estimate of drug-likeness (QED) is 0.665. The van der Waals surface area contributed by atoms with Crippen molar-refractivity contribution in [3.63, 3.8) is 0 Å². The molecule has 3 heteroatoms. The van der Waals surface area contributed by atoms with Gasteiger partial charge >= 0.3 is 0 Å². The molecule has 0 fully saturated rings. The smallest absolute Gasteiger partial charge is 0.240 e. The first-order valence-electron chi connectivity index (χ1n) is 4.78. The van der Waals surface area contributed by atoms with Gasteiger partial charge in [-0.2, -0.15) is 5.26 Å². The standard InChI is InChI=1S/C10H18N2O/c1-5-9(7-11)10(13)12(6-2)8(3)4/h8-9H,5-6H2,1-4H3. The molecule has 3 nitrogen and oxygen atoms in total. The molecule has 1 amide bonds. The predicted octanol–water partition coefficient (Wildman–Crippen LogP) is 1.79. The molecule has 0 aliphatic carbocycles. The molecule has 0 N–H and O–H groups in total. The molecule has 13 heavy (non-hydrogen) atoms. The van der Waals surface area contributed by atoms with Crippen LogP contribution in [-0.4, -0.2) is 23.4 Å². The average Bonchev–Trinajstić information content (AvgIpc) is 2.07. The van der Waals surface area contributed by atoms with Gasteiger partial charge in [0, 0.05) is 12.6 Å². The molecule has 0 aliphatic rings. The lowest BCUT2D eigenvalue weighted by molar-refractivity contribution is -0.135. The number of rotatable bonds is 4. The molecule has 0 aromatic heterocycles. The topological polar surface area (TPSA) is 44.1 Å². The third-order valence-corrected chi connectivity index (χ3v) is 2.11. The summed E-state index contributed by atoms with van der Waals surface area (Å²) in [7, 11) is 0. The van der Waals surface area contributed by atoms with Gasteiger partial charge in [0.25, 0.3) is 0 Å². The molecule has 0 rings (SSSR count). The van der Waals surface area contributed by atoms with Gasteiger partial charge in [0.2, 0.25) is 5.91 Å². The molecule has 1 atom stereocenters. The van der Waals surface area contributed by atoms with E-state index >= 15 is 0 Å². The lowest BCUT2D eigenvalue weighted by Gasteiger charge is -2.26. The zero-order valence-electron chi connectivity index (χ0n) is 8.87. The van der Waals surface area contributed by atoms with Crippen LogP contribution in [0.2, 0.25) is 0 Å². The first kappa shape index (κ1) is 12.0.